The van der Waals surface area contributed by atoms with E-state index in [1.54, 1.807) is 12.1 Å². The second-order valence-corrected chi connectivity index (χ2v) is 7.88. The highest BCUT2D eigenvalue weighted by molar-refractivity contribution is 6.00. The molecule has 0 bridgehead atoms. The number of para-hydroxylation sites is 1. The summed E-state index contributed by atoms with van der Waals surface area (Å²) in [5, 5.41) is 17.8. The van der Waals surface area contributed by atoms with Gasteiger partial charge in [0, 0.05) is 24.3 Å². The number of hydrogen-bond acceptors (Lipinski definition) is 5. The lowest BCUT2D eigenvalue weighted by Gasteiger charge is -2.28. The number of phenols is 1. The van der Waals surface area contributed by atoms with Crippen LogP contribution in [0.5, 0.6) is 11.5 Å². The predicted octanol–water partition coefficient (Wildman–Crippen LogP) is 3.91. The lowest BCUT2D eigenvalue weighted by molar-refractivity contribution is 0.0495. The van der Waals surface area contributed by atoms with Crippen LogP contribution in [-0.4, -0.2) is 52.0 Å². The molecule has 31 heavy (non-hydrogen) atoms. The minimum atomic E-state index is -0.347. The third-order valence-electron chi connectivity index (χ3n) is 5.93. The molecule has 1 aromatic heterocycles. The molecule has 1 saturated heterocycles. The minimum absolute atomic E-state index is 0.0204. The largest absolute Gasteiger partial charge is 0.507 e. The van der Waals surface area contributed by atoms with Crippen molar-refractivity contribution in [1.82, 2.24) is 15.1 Å². The number of hydrogen-bond donors (Lipinski definition) is 2. The van der Waals surface area contributed by atoms with Crippen molar-refractivity contribution in [3.8, 4) is 22.8 Å². The Bertz CT molecular complexity index is 1100. The van der Waals surface area contributed by atoms with E-state index >= 15 is 0 Å². The first-order chi connectivity index (χ1) is 15.2. The first kappa shape index (κ1) is 19.6. The molecule has 0 aliphatic carbocycles. The number of benzene rings is 2. The number of fused-ring (bicyclic) bond motifs is 1. The molecule has 2 N–H and O–H groups in total. The molecule has 0 unspecified atom stereocenters. The number of aromatic hydroxyl groups is 1. The number of aromatic amines is 1. The van der Waals surface area contributed by atoms with Crippen LogP contribution in [0.1, 0.15) is 47.4 Å². The van der Waals surface area contributed by atoms with Gasteiger partial charge in [-0.3, -0.25) is 9.89 Å². The van der Waals surface area contributed by atoms with E-state index in [9.17, 15) is 9.90 Å². The number of ether oxygens (including phenoxy) is 2. The van der Waals surface area contributed by atoms with E-state index in [0.29, 0.717) is 30.1 Å². The Morgan fingerprint density at radius 3 is 2.90 bits per heavy atom. The van der Waals surface area contributed by atoms with Gasteiger partial charge in [0.25, 0.3) is 5.91 Å². The number of nitrogens with one attached hydrogen (secondary N) is 1. The van der Waals surface area contributed by atoms with Crippen LogP contribution in [0.2, 0.25) is 0 Å². The first-order valence-electron chi connectivity index (χ1n) is 10.7. The standard InChI is InChI=1S/C24H25N3O4/c1-2-30-16-8-5-7-15(13-16)23-20-21(18-10-3-4-11-19(18)28)25-26-22(20)24(29)27(23)14-17-9-6-12-31-17/h3-5,7-8,10-11,13,17,23,28H,2,6,9,12,14H2,1H3,(H,25,26)/t17-,23-/m0/s1. The van der Waals surface area contributed by atoms with Gasteiger partial charge in [-0.2, -0.15) is 5.10 Å². The quantitative estimate of drug-likeness (QED) is 0.633. The van der Waals surface area contributed by atoms with E-state index in [-0.39, 0.29) is 23.8 Å². The Hall–Kier alpha value is -3.32. The van der Waals surface area contributed by atoms with Gasteiger partial charge in [-0.25, -0.2) is 0 Å². The summed E-state index contributed by atoms with van der Waals surface area (Å²) in [4.78, 5) is 15.3. The second-order valence-electron chi connectivity index (χ2n) is 7.88. The fourth-order valence-electron chi connectivity index (χ4n) is 4.56. The molecule has 7 nitrogen and oxygen atoms in total. The number of carbonyl (C=O) groups is 1. The summed E-state index contributed by atoms with van der Waals surface area (Å²) in [7, 11) is 0. The van der Waals surface area contributed by atoms with Crippen LogP contribution in [0.4, 0.5) is 0 Å². The zero-order chi connectivity index (χ0) is 21.4. The van der Waals surface area contributed by atoms with Crippen LogP contribution in [0.15, 0.2) is 48.5 Å². The SMILES string of the molecule is CCOc1cccc([C@H]2c3c(-c4ccccc4O)n[nH]c3C(=O)N2C[C@@H]2CCCO2)c1. The minimum Gasteiger partial charge on any atom is -0.507 e. The molecule has 1 amide bonds. The molecule has 2 aromatic carbocycles. The summed E-state index contributed by atoms with van der Waals surface area (Å²) in [6, 6.07) is 14.5. The van der Waals surface area contributed by atoms with Gasteiger partial charge in [0.05, 0.1) is 18.8 Å². The Morgan fingerprint density at radius 2 is 2.13 bits per heavy atom. The highest BCUT2D eigenvalue weighted by Gasteiger charge is 2.43. The van der Waals surface area contributed by atoms with Crippen molar-refractivity contribution in [2.75, 3.05) is 19.8 Å². The molecular weight excluding hydrogens is 394 g/mol. The van der Waals surface area contributed by atoms with Crippen LogP contribution in [-0.2, 0) is 4.74 Å². The van der Waals surface area contributed by atoms with Gasteiger partial charge in [-0.15, -0.1) is 0 Å². The summed E-state index contributed by atoms with van der Waals surface area (Å²) in [5.74, 6) is 0.778. The van der Waals surface area contributed by atoms with Crippen LogP contribution in [0.3, 0.4) is 0 Å². The summed E-state index contributed by atoms with van der Waals surface area (Å²) in [6.07, 6.45) is 1.97. The van der Waals surface area contributed by atoms with E-state index in [0.717, 1.165) is 36.3 Å². The van der Waals surface area contributed by atoms with Crippen molar-refractivity contribution in [2.24, 2.45) is 0 Å². The Morgan fingerprint density at radius 1 is 1.26 bits per heavy atom. The molecule has 3 heterocycles. The highest BCUT2D eigenvalue weighted by Crippen LogP contribution is 2.45. The van der Waals surface area contributed by atoms with Gasteiger partial charge in [-0.05, 0) is 49.6 Å². The van der Waals surface area contributed by atoms with Gasteiger partial charge in [0.2, 0.25) is 0 Å². The van der Waals surface area contributed by atoms with Crippen LogP contribution in [0, 0.1) is 0 Å². The topological polar surface area (TPSA) is 87.7 Å². The first-order valence-corrected chi connectivity index (χ1v) is 10.7. The Kier molecular flexibility index (Phi) is 5.11. The van der Waals surface area contributed by atoms with E-state index in [1.165, 1.54) is 0 Å². The lowest BCUT2D eigenvalue weighted by Crippen LogP contribution is -2.36. The van der Waals surface area contributed by atoms with Gasteiger partial charge >= 0.3 is 0 Å². The molecule has 160 valence electrons. The maximum absolute atomic E-state index is 13.4. The number of H-pyrrole nitrogens is 1. The number of carbonyl (C=O) groups excluding carboxylic acids is 1. The normalized spacial score (nSPS) is 20.3. The molecule has 7 heteroatoms. The number of nitrogens with zero attached hydrogens (tertiary/aromatic N) is 2. The fourth-order valence-corrected chi connectivity index (χ4v) is 4.56. The predicted molar refractivity (Wildman–Crippen MR) is 115 cm³/mol. The zero-order valence-corrected chi connectivity index (χ0v) is 17.4. The van der Waals surface area contributed by atoms with Crippen molar-refractivity contribution in [1.29, 1.82) is 0 Å². The maximum Gasteiger partial charge on any atom is 0.273 e. The lowest BCUT2D eigenvalue weighted by atomic mass is 9.95. The van der Waals surface area contributed by atoms with Gasteiger partial charge in [0.15, 0.2) is 0 Å². The Balaban J connectivity index is 1.63. The molecule has 0 spiro atoms. The molecule has 3 aromatic rings. The molecule has 5 rings (SSSR count). The monoisotopic (exact) mass is 419 g/mol. The van der Waals surface area contributed by atoms with E-state index in [1.807, 2.05) is 48.2 Å². The van der Waals surface area contributed by atoms with Crippen molar-refractivity contribution in [3.05, 3.63) is 65.4 Å². The Labute approximate surface area is 180 Å². The third kappa shape index (κ3) is 3.45. The fraction of sp³-hybridized carbons (Fsp3) is 0.333. The molecule has 2 aliphatic rings. The van der Waals surface area contributed by atoms with Gasteiger partial charge < -0.3 is 19.5 Å². The molecule has 2 aliphatic heterocycles. The number of aromatic nitrogens is 2. The van der Waals surface area contributed by atoms with E-state index < -0.39 is 0 Å². The van der Waals surface area contributed by atoms with Crippen molar-refractivity contribution < 1.29 is 19.4 Å². The average molecular weight is 419 g/mol. The number of rotatable bonds is 6. The van der Waals surface area contributed by atoms with Gasteiger partial charge in [0.1, 0.15) is 22.9 Å². The van der Waals surface area contributed by atoms with Crippen molar-refractivity contribution in [3.63, 3.8) is 0 Å². The van der Waals surface area contributed by atoms with Gasteiger partial charge in [-0.1, -0.05) is 24.3 Å². The van der Waals surface area contributed by atoms with Crippen molar-refractivity contribution >= 4 is 5.91 Å². The highest BCUT2D eigenvalue weighted by atomic mass is 16.5. The molecule has 0 radical (unpaired) electrons. The summed E-state index contributed by atoms with van der Waals surface area (Å²) < 4.78 is 11.5. The second kappa shape index (κ2) is 8.07. The summed E-state index contributed by atoms with van der Waals surface area (Å²) in [5.41, 5.74) is 3.36. The average Bonchev–Trinajstić information content (AvgIpc) is 3.49. The molecule has 1 fully saturated rings. The van der Waals surface area contributed by atoms with Crippen LogP contribution >= 0.6 is 0 Å². The van der Waals surface area contributed by atoms with E-state index in [4.69, 9.17) is 9.47 Å². The van der Waals surface area contributed by atoms with Crippen LogP contribution in [0.25, 0.3) is 11.3 Å². The smallest absolute Gasteiger partial charge is 0.273 e. The van der Waals surface area contributed by atoms with Crippen molar-refractivity contribution in [2.45, 2.75) is 31.9 Å². The third-order valence-corrected chi connectivity index (χ3v) is 5.93. The number of amides is 1. The van der Waals surface area contributed by atoms with E-state index in [2.05, 4.69) is 10.2 Å². The molecular formula is C24H25N3O4. The molecule has 2 atom stereocenters. The summed E-state index contributed by atoms with van der Waals surface area (Å²) >= 11 is 0. The summed E-state index contributed by atoms with van der Waals surface area (Å²) in [6.45, 7) is 3.74. The number of phenolic OH excluding ortho intramolecular Hbond substituents is 1. The molecule has 0 saturated carbocycles. The zero-order valence-electron chi connectivity index (χ0n) is 17.4. The maximum atomic E-state index is 13.4. The van der Waals surface area contributed by atoms with Crippen LogP contribution < -0.4 is 4.74 Å².